The lowest BCUT2D eigenvalue weighted by Gasteiger charge is -2.34. The Labute approximate surface area is 269 Å². The van der Waals surface area contributed by atoms with Crippen molar-refractivity contribution in [2.24, 2.45) is 0 Å². The topological polar surface area (TPSA) is 160 Å². The smallest absolute Gasteiger partial charge is 0.399 e. The molecule has 6 rings (SSSR count). The highest BCUT2D eigenvalue weighted by molar-refractivity contribution is 7.20. The number of nitrogens with zero attached hydrogens (tertiary/aromatic N) is 4. The van der Waals surface area contributed by atoms with Crippen LogP contribution < -0.4 is 25.6 Å². The number of anilines is 3. The Morgan fingerprint density at radius 2 is 1.67 bits per heavy atom. The number of carbonyl (C=O) groups excluding carboxylic acids is 3. The van der Waals surface area contributed by atoms with Gasteiger partial charge in [-0.3, -0.25) is 19.8 Å². The third-order valence-electron chi connectivity index (χ3n) is 7.87. The zero-order valence-corrected chi connectivity index (χ0v) is 26.7. The van der Waals surface area contributed by atoms with Gasteiger partial charge in [0.05, 0.1) is 22.2 Å². The third kappa shape index (κ3) is 6.72. The summed E-state index contributed by atoms with van der Waals surface area (Å²) in [6.45, 7) is 9.05. The molecule has 14 heteroatoms. The summed E-state index contributed by atoms with van der Waals surface area (Å²) < 4.78 is 5.59. The van der Waals surface area contributed by atoms with Gasteiger partial charge in [0, 0.05) is 43.6 Å². The molecule has 0 radical (unpaired) electrons. The predicted molar refractivity (Wildman–Crippen MR) is 178 cm³/mol. The van der Waals surface area contributed by atoms with Gasteiger partial charge >= 0.3 is 6.09 Å². The minimum absolute atomic E-state index is 0.213. The van der Waals surface area contributed by atoms with Crippen LogP contribution in [0.4, 0.5) is 22.0 Å². The van der Waals surface area contributed by atoms with E-state index in [-0.39, 0.29) is 17.1 Å². The van der Waals surface area contributed by atoms with Gasteiger partial charge in [-0.15, -0.1) is 0 Å². The molecule has 46 heavy (non-hydrogen) atoms. The largest absolute Gasteiger partial charge is 0.414 e. The molecule has 3 amide bonds. The van der Waals surface area contributed by atoms with Gasteiger partial charge in [0.2, 0.25) is 0 Å². The SMILES string of the molecule is Cc1cc(C(=O)Nc2cc(N3CCN(C)CC3)ccc2C(=O)Nc2n[nH]c3sc(OC(=O)NC(C)(C)c4ccccc4)cc23)n[nH]1. The first-order chi connectivity index (χ1) is 22.1. The highest BCUT2D eigenvalue weighted by Crippen LogP contribution is 2.35. The number of carbonyl (C=O) groups is 3. The molecule has 4 heterocycles. The highest BCUT2D eigenvalue weighted by Gasteiger charge is 2.25. The normalized spacial score (nSPS) is 13.9. The van der Waals surface area contributed by atoms with E-state index in [4.69, 9.17) is 4.74 Å². The lowest BCUT2D eigenvalue weighted by atomic mass is 9.95. The molecule has 5 aromatic rings. The summed E-state index contributed by atoms with van der Waals surface area (Å²) in [6, 6.07) is 18.3. The summed E-state index contributed by atoms with van der Waals surface area (Å²) in [5.41, 5.74) is 2.74. The van der Waals surface area contributed by atoms with Gasteiger partial charge < -0.3 is 30.5 Å². The number of hydrogen-bond donors (Lipinski definition) is 5. The molecular formula is C32H35N9O4S. The first kappa shape index (κ1) is 30.8. The van der Waals surface area contributed by atoms with E-state index in [1.165, 1.54) is 11.3 Å². The molecule has 0 aliphatic carbocycles. The standard InChI is InChI=1S/C32H35N9O4S/c1-19-16-25(37-36-19)29(43)33-24-17-21(41-14-12-40(4)13-15-41)10-11-22(24)28(42)34-27-23-18-26(46-30(23)39-38-27)45-31(44)35-32(2,3)20-8-6-5-7-9-20/h5-11,16-18H,12-15H2,1-4H3,(H,33,43)(H,35,44)(H,36,37)(H2,34,38,39,42). The Morgan fingerprint density at radius 1 is 0.913 bits per heavy atom. The van der Waals surface area contributed by atoms with E-state index in [9.17, 15) is 14.4 Å². The maximum absolute atomic E-state index is 13.7. The second-order valence-electron chi connectivity index (χ2n) is 11.8. The molecule has 1 aliphatic heterocycles. The molecule has 0 unspecified atom stereocenters. The second-order valence-corrected chi connectivity index (χ2v) is 12.8. The summed E-state index contributed by atoms with van der Waals surface area (Å²) in [5, 5.41) is 23.5. The number of aromatic amines is 2. The second kappa shape index (κ2) is 12.7. The van der Waals surface area contributed by atoms with Crippen molar-refractivity contribution in [1.29, 1.82) is 0 Å². The molecule has 0 atom stereocenters. The zero-order chi connectivity index (χ0) is 32.4. The fraction of sp³-hybridized carbons (Fsp3) is 0.281. The van der Waals surface area contributed by atoms with E-state index in [1.54, 1.807) is 25.1 Å². The van der Waals surface area contributed by atoms with Crippen molar-refractivity contribution in [2.75, 3.05) is 48.8 Å². The minimum atomic E-state index is -0.653. The lowest BCUT2D eigenvalue weighted by molar-refractivity contribution is 0.102. The number of benzene rings is 2. The molecule has 1 saturated heterocycles. The van der Waals surface area contributed by atoms with Gasteiger partial charge in [-0.25, -0.2) is 4.79 Å². The first-order valence-electron chi connectivity index (χ1n) is 14.8. The van der Waals surface area contributed by atoms with E-state index in [0.717, 1.165) is 43.1 Å². The number of amides is 3. The molecule has 13 nitrogen and oxygen atoms in total. The number of fused-ring (bicyclic) bond motifs is 1. The van der Waals surface area contributed by atoms with Crippen molar-refractivity contribution < 1.29 is 19.1 Å². The quantitative estimate of drug-likeness (QED) is 0.159. The first-order valence-corrected chi connectivity index (χ1v) is 15.6. The average molecular weight is 642 g/mol. The molecule has 0 spiro atoms. The predicted octanol–water partition coefficient (Wildman–Crippen LogP) is 4.94. The molecule has 1 aliphatic rings. The van der Waals surface area contributed by atoms with Crippen LogP contribution in [0.25, 0.3) is 10.2 Å². The van der Waals surface area contributed by atoms with Gasteiger partial charge in [-0.2, -0.15) is 10.2 Å². The fourth-order valence-electron chi connectivity index (χ4n) is 5.23. The van der Waals surface area contributed by atoms with Crippen LogP contribution in [-0.2, 0) is 5.54 Å². The molecule has 5 N–H and O–H groups in total. The number of hydrogen-bond acceptors (Lipinski definition) is 9. The summed E-state index contributed by atoms with van der Waals surface area (Å²) in [4.78, 5) is 44.6. The fourth-order valence-corrected chi connectivity index (χ4v) is 6.08. The molecule has 0 bridgehead atoms. The van der Waals surface area contributed by atoms with Crippen LogP contribution in [0.2, 0.25) is 0 Å². The van der Waals surface area contributed by atoms with E-state index in [0.29, 0.717) is 21.0 Å². The van der Waals surface area contributed by atoms with Crippen molar-refractivity contribution in [1.82, 2.24) is 30.6 Å². The number of rotatable bonds is 8. The summed E-state index contributed by atoms with van der Waals surface area (Å²) >= 11 is 1.19. The molecule has 1 fully saturated rings. The van der Waals surface area contributed by atoms with Crippen LogP contribution in [-0.4, -0.2) is 76.4 Å². The average Bonchev–Trinajstić information content (AvgIpc) is 3.74. The maximum Gasteiger partial charge on any atom is 0.414 e. The molecular weight excluding hydrogens is 606 g/mol. The molecule has 238 valence electrons. The van der Waals surface area contributed by atoms with E-state index < -0.39 is 23.4 Å². The van der Waals surface area contributed by atoms with Gasteiger partial charge in [0.15, 0.2) is 16.6 Å². The van der Waals surface area contributed by atoms with Gasteiger partial charge in [-0.1, -0.05) is 41.7 Å². The van der Waals surface area contributed by atoms with Crippen molar-refractivity contribution in [3.05, 3.63) is 83.2 Å². The monoisotopic (exact) mass is 641 g/mol. The number of piperazine rings is 1. The Balaban J connectivity index is 1.20. The van der Waals surface area contributed by atoms with E-state index in [2.05, 4.69) is 53.2 Å². The van der Waals surface area contributed by atoms with E-state index in [1.807, 2.05) is 56.3 Å². The summed E-state index contributed by atoms with van der Waals surface area (Å²) in [6.07, 6.45) is -0.607. The van der Waals surface area contributed by atoms with Crippen LogP contribution in [0.5, 0.6) is 5.06 Å². The number of thiophene rings is 1. The van der Waals surface area contributed by atoms with Crippen LogP contribution in [0.15, 0.2) is 60.7 Å². The number of ether oxygens (including phenoxy) is 1. The summed E-state index contributed by atoms with van der Waals surface area (Å²) in [5.74, 6) is -0.647. The molecule has 2 aromatic carbocycles. The zero-order valence-electron chi connectivity index (χ0n) is 25.9. The number of aromatic nitrogens is 4. The number of aryl methyl sites for hydroxylation is 1. The van der Waals surface area contributed by atoms with Crippen molar-refractivity contribution >= 4 is 56.7 Å². The Hall–Kier alpha value is -5.21. The lowest BCUT2D eigenvalue weighted by Crippen LogP contribution is -2.44. The van der Waals surface area contributed by atoms with Crippen molar-refractivity contribution in [3.8, 4) is 5.06 Å². The third-order valence-corrected chi connectivity index (χ3v) is 8.79. The Bertz CT molecular complexity index is 1890. The van der Waals surface area contributed by atoms with Gasteiger partial charge in [0.1, 0.15) is 4.83 Å². The van der Waals surface area contributed by atoms with Crippen molar-refractivity contribution in [2.45, 2.75) is 26.3 Å². The number of nitrogens with one attached hydrogen (secondary N) is 5. The molecule has 0 saturated carbocycles. The Kier molecular flexibility index (Phi) is 8.47. The Morgan fingerprint density at radius 3 is 2.39 bits per heavy atom. The van der Waals surface area contributed by atoms with Crippen LogP contribution in [0, 0.1) is 6.92 Å². The van der Waals surface area contributed by atoms with Gasteiger partial charge in [0.25, 0.3) is 11.8 Å². The highest BCUT2D eigenvalue weighted by atomic mass is 32.1. The van der Waals surface area contributed by atoms with Crippen molar-refractivity contribution in [3.63, 3.8) is 0 Å². The number of H-pyrrole nitrogens is 2. The molecule has 3 aromatic heterocycles. The van der Waals surface area contributed by atoms with Crippen LogP contribution in [0.3, 0.4) is 0 Å². The van der Waals surface area contributed by atoms with Crippen LogP contribution >= 0.6 is 11.3 Å². The van der Waals surface area contributed by atoms with Gasteiger partial charge in [-0.05, 0) is 57.6 Å². The van der Waals surface area contributed by atoms with E-state index >= 15 is 0 Å². The number of likely N-dealkylation sites (N-methyl/N-ethyl adjacent to an activating group) is 1. The maximum atomic E-state index is 13.7. The van der Waals surface area contributed by atoms with Crippen LogP contribution in [0.1, 0.15) is 46.0 Å². The minimum Gasteiger partial charge on any atom is -0.399 e. The summed E-state index contributed by atoms with van der Waals surface area (Å²) in [7, 11) is 2.08.